The normalized spacial score (nSPS) is 10.6. The maximum absolute atomic E-state index is 5.81. The monoisotopic (exact) mass is 238 g/mol. The van der Waals surface area contributed by atoms with Gasteiger partial charge in [-0.1, -0.05) is 20.8 Å². The molecule has 16 heavy (non-hydrogen) atoms. The highest BCUT2D eigenvalue weighted by molar-refractivity contribution is 7.80. The van der Waals surface area contributed by atoms with E-state index in [0.29, 0.717) is 0 Å². The van der Waals surface area contributed by atoms with Crippen molar-refractivity contribution in [1.29, 1.82) is 0 Å². The summed E-state index contributed by atoms with van der Waals surface area (Å²) in [5, 5.41) is 0. The Bertz CT molecular complexity index is 358. The second-order valence-corrected chi connectivity index (χ2v) is 4.32. The molecular weight excluding hydrogens is 216 g/mol. The average molecular weight is 238 g/mol. The first-order valence-electron chi connectivity index (χ1n) is 6.18. The number of aryl methyl sites for hydroxylation is 1. The van der Waals surface area contributed by atoms with Crippen LogP contribution in [0.1, 0.15) is 44.4 Å². The molecular formula is C14H22OS. The molecule has 1 rings (SSSR count). The lowest BCUT2D eigenvalue weighted by Gasteiger charge is -2.18. The zero-order valence-electron chi connectivity index (χ0n) is 10.8. The second-order valence-electron chi connectivity index (χ2n) is 3.83. The van der Waals surface area contributed by atoms with E-state index in [-0.39, 0.29) is 0 Å². The molecule has 0 spiro atoms. The Hall–Kier alpha value is -0.630. The van der Waals surface area contributed by atoms with Crippen LogP contribution < -0.4 is 4.74 Å². The van der Waals surface area contributed by atoms with Gasteiger partial charge in [0.1, 0.15) is 5.75 Å². The third kappa shape index (κ3) is 2.54. The minimum atomic E-state index is 0.731. The van der Waals surface area contributed by atoms with Crippen molar-refractivity contribution in [2.75, 3.05) is 6.61 Å². The summed E-state index contributed by atoms with van der Waals surface area (Å²) in [6, 6.07) is 2.16. The maximum atomic E-state index is 5.81. The van der Waals surface area contributed by atoms with E-state index in [9.17, 15) is 0 Å². The van der Waals surface area contributed by atoms with E-state index in [0.717, 1.165) is 36.5 Å². The first-order chi connectivity index (χ1) is 7.69. The third-order valence-electron chi connectivity index (χ3n) is 2.93. The molecule has 1 aromatic rings. The molecule has 0 amide bonds. The van der Waals surface area contributed by atoms with Crippen LogP contribution in [0.4, 0.5) is 0 Å². The summed E-state index contributed by atoms with van der Waals surface area (Å²) in [6.45, 7) is 9.30. The summed E-state index contributed by atoms with van der Waals surface area (Å²) in [7, 11) is 0. The molecule has 0 aliphatic carbocycles. The first kappa shape index (κ1) is 13.4. The first-order valence-corrected chi connectivity index (χ1v) is 6.63. The highest BCUT2D eigenvalue weighted by atomic mass is 32.1. The van der Waals surface area contributed by atoms with Gasteiger partial charge in [-0.3, -0.25) is 0 Å². The van der Waals surface area contributed by atoms with Crippen LogP contribution in [0.2, 0.25) is 0 Å². The minimum absolute atomic E-state index is 0.731. The van der Waals surface area contributed by atoms with Gasteiger partial charge in [-0.15, -0.1) is 12.6 Å². The van der Waals surface area contributed by atoms with E-state index in [1.165, 1.54) is 16.7 Å². The molecule has 1 nitrogen and oxygen atoms in total. The zero-order chi connectivity index (χ0) is 12.1. The van der Waals surface area contributed by atoms with E-state index >= 15 is 0 Å². The molecule has 0 N–H and O–H groups in total. The Morgan fingerprint density at radius 3 is 2.06 bits per heavy atom. The summed E-state index contributed by atoms with van der Waals surface area (Å²) in [5.41, 5.74) is 3.96. The average Bonchev–Trinajstić information content (AvgIpc) is 2.30. The number of ether oxygens (including phenoxy) is 1. The van der Waals surface area contributed by atoms with Crippen LogP contribution in [-0.4, -0.2) is 6.61 Å². The molecule has 0 saturated carbocycles. The topological polar surface area (TPSA) is 9.23 Å². The Labute approximate surface area is 105 Å². The number of thiol groups is 1. The van der Waals surface area contributed by atoms with Gasteiger partial charge >= 0.3 is 0 Å². The molecule has 0 heterocycles. The largest absolute Gasteiger partial charge is 0.493 e. The fraction of sp³-hybridized carbons (Fsp3) is 0.571. The summed E-state index contributed by atoms with van der Waals surface area (Å²) < 4.78 is 5.81. The van der Waals surface area contributed by atoms with E-state index < -0.39 is 0 Å². The molecule has 0 saturated heterocycles. The number of rotatable bonds is 5. The molecule has 1 aromatic carbocycles. The van der Waals surface area contributed by atoms with E-state index in [4.69, 9.17) is 4.74 Å². The quantitative estimate of drug-likeness (QED) is 0.761. The predicted molar refractivity (Wildman–Crippen MR) is 73.0 cm³/mol. The Morgan fingerprint density at radius 1 is 1.00 bits per heavy atom. The smallest absolute Gasteiger partial charge is 0.125 e. The van der Waals surface area contributed by atoms with Crippen molar-refractivity contribution in [1.82, 2.24) is 0 Å². The van der Waals surface area contributed by atoms with Crippen LogP contribution in [0.15, 0.2) is 11.0 Å². The van der Waals surface area contributed by atoms with E-state index in [1.54, 1.807) is 0 Å². The molecule has 0 aromatic heterocycles. The van der Waals surface area contributed by atoms with Crippen LogP contribution in [0.25, 0.3) is 0 Å². The fourth-order valence-electron chi connectivity index (χ4n) is 2.16. The summed E-state index contributed by atoms with van der Waals surface area (Å²) in [5.74, 6) is 1.10. The van der Waals surface area contributed by atoms with Gasteiger partial charge < -0.3 is 4.74 Å². The Kier molecular flexibility index (Phi) is 5.20. The van der Waals surface area contributed by atoms with Crippen molar-refractivity contribution in [3.8, 4) is 5.75 Å². The van der Waals surface area contributed by atoms with Crippen molar-refractivity contribution >= 4 is 12.6 Å². The molecule has 0 bridgehead atoms. The van der Waals surface area contributed by atoms with E-state index in [1.807, 2.05) is 6.92 Å². The SMILES string of the molecule is CCOc1c(CC)cc(S)c(CC)c1CC. The number of hydrogen-bond donors (Lipinski definition) is 1. The molecule has 0 unspecified atom stereocenters. The Balaban J connectivity index is 3.39. The molecule has 0 aliphatic heterocycles. The van der Waals surface area contributed by atoms with Gasteiger partial charge in [0.25, 0.3) is 0 Å². The number of benzene rings is 1. The van der Waals surface area contributed by atoms with E-state index in [2.05, 4.69) is 39.5 Å². The van der Waals surface area contributed by atoms with Crippen LogP contribution in [0, 0.1) is 0 Å². The highest BCUT2D eigenvalue weighted by Crippen LogP contribution is 2.33. The van der Waals surface area contributed by atoms with Gasteiger partial charge in [0, 0.05) is 4.90 Å². The van der Waals surface area contributed by atoms with Crippen molar-refractivity contribution in [2.45, 2.75) is 51.9 Å². The third-order valence-corrected chi connectivity index (χ3v) is 3.33. The van der Waals surface area contributed by atoms with Crippen molar-refractivity contribution < 1.29 is 4.74 Å². The van der Waals surface area contributed by atoms with Crippen LogP contribution >= 0.6 is 12.6 Å². The lowest BCUT2D eigenvalue weighted by molar-refractivity contribution is 0.332. The van der Waals surface area contributed by atoms with Gasteiger partial charge in [0.2, 0.25) is 0 Å². The standard InChI is InChI=1S/C14H22OS/c1-5-10-9-13(16)11(6-2)12(7-3)14(10)15-8-4/h9,16H,5-8H2,1-4H3. The second kappa shape index (κ2) is 6.19. The molecule has 0 radical (unpaired) electrons. The van der Waals surface area contributed by atoms with Crippen LogP contribution in [0.5, 0.6) is 5.75 Å². The van der Waals surface area contributed by atoms with Gasteiger partial charge in [-0.05, 0) is 48.9 Å². The summed E-state index contributed by atoms with van der Waals surface area (Å²) in [6.07, 6.45) is 3.03. The van der Waals surface area contributed by atoms with Gasteiger partial charge in [-0.2, -0.15) is 0 Å². The summed E-state index contributed by atoms with van der Waals surface area (Å²) >= 11 is 4.59. The van der Waals surface area contributed by atoms with Crippen molar-refractivity contribution in [3.05, 3.63) is 22.8 Å². The van der Waals surface area contributed by atoms with Crippen molar-refractivity contribution in [2.24, 2.45) is 0 Å². The Morgan fingerprint density at radius 2 is 1.62 bits per heavy atom. The predicted octanol–water partition coefficient (Wildman–Crippen LogP) is 4.06. The molecule has 90 valence electrons. The van der Waals surface area contributed by atoms with Gasteiger partial charge in [0.05, 0.1) is 6.61 Å². The number of hydrogen-bond acceptors (Lipinski definition) is 2. The molecule has 0 atom stereocenters. The van der Waals surface area contributed by atoms with Crippen LogP contribution in [0.3, 0.4) is 0 Å². The van der Waals surface area contributed by atoms with Gasteiger partial charge in [-0.25, -0.2) is 0 Å². The molecule has 2 heteroatoms. The molecule has 0 aliphatic rings. The maximum Gasteiger partial charge on any atom is 0.125 e. The lowest BCUT2D eigenvalue weighted by Crippen LogP contribution is -2.04. The molecule has 0 fully saturated rings. The fourth-order valence-corrected chi connectivity index (χ4v) is 2.61. The summed E-state index contributed by atoms with van der Waals surface area (Å²) in [4.78, 5) is 1.11. The minimum Gasteiger partial charge on any atom is -0.493 e. The zero-order valence-corrected chi connectivity index (χ0v) is 11.7. The lowest BCUT2D eigenvalue weighted by atomic mass is 9.97. The van der Waals surface area contributed by atoms with Crippen LogP contribution in [-0.2, 0) is 19.3 Å². The van der Waals surface area contributed by atoms with Gasteiger partial charge in [0.15, 0.2) is 0 Å². The highest BCUT2D eigenvalue weighted by Gasteiger charge is 2.14. The van der Waals surface area contributed by atoms with Crippen molar-refractivity contribution in [3.63, 3.8) is 0 Å².